The maximum absolute atomic E-state index is 6.66. The molecule has 0 aliphatic carbocycles. The van der Waals surface area contributed by atoms with Gasteiger partial charge in [0.2, 0.25) is 0 Å². The lowest BCUT2D eigenvalue weighted by molar-refractivity contribution is 0.505. The monoisotopic (exact) mass is 722 g/mol. The normalized spacial score (nSPS) is 11.6. The van der Waals surface area contributed by atoms with Crippen LogP contribution < -0.4 is 9.05 Å². The molecule has 3 rings (SSSR count). The lowest BCUT2D eigenvalue weighted by Crippen LogP contribution is -2.01. The average Bonchev–Trinajstić information content (AvgIpc) is 3.10. The van der Waals surface area contributed by atoms with Gasteiger partial charge in [-0.1, -0.05) is 184 Å². The van der Waals surface area contributed by atoms with E-state index in [9.17, 15) is 0 Å². The van der Waals surface area contributed by atoms with Crippen LogP contribution in [0.2, 0.25) is 0 Å². The second-order valence-electron chi connectivity index (χ2n) is 13.9. The molecule has 0 aliphatic heterocycles. The molecule has 0 amide bonds. The summed E-state index contributed by atoms with van der Waals surface area (Å²) in [6, 6.07) is 27.8. The molecule has 0 atom stereocenters. The number of hydrogen-bond acceptors (Lipinski definition) is 4. The van der Waals surface area contributed by atoms with Crippen LogP contribution in [0.3, 0.4) is 0 Å². The molecule has 0 heterocycles. The minimum absolute atomic E-state index is 0.835. The van der Waals surface area contributed by atoms with E-state index >= 15 is 0 Å². The van der Waals surface area contributed by atoms with Crippen molar-refractivity contribution in [3.63, 3.8) is 0 Å². The van der Waals surface area contributed by atoms with Crippen molar-refractivity contribution in [3.05, 3.63) is 95.6 Å². The summed E-state index contributed by atoms with van der Waals surface area (Å²) in [5.74, 6) is 2.53. The van der Waals surface area contributed by atoms with Gasteiger partial charge in [0.1, 0.15) is 11.5 Å². The summed E-state index contributed by atoms with van der Waals surface area (Å²) in [7, 11) is 0. The van der Waals surface area contributed by atoms with E-state index in [1.165, 1.54) is 145 Å². The van der Waals surface area contributed by atoms with E-state index in [1.54, 1.807) is 11.4 Å². The Labute approximate surface area is 310 Å². The second-order valence-corrected chi connectivity index (χ2v) is 20.1. The van der Waals surface area contributed by atoms with Gasteiger partial charge in [0.15, 0.2) is 0 Å². The third kappa shape index (κ3) is 20.0. The molecule has 49 heavy (non-hydrogen) atoms. The number of benzene rings is 3. The van der Waals surface area contributed by atoms with Crippen LogP contribution in [0, 0.1) is 0 Å². The number of hydrogen-bond donors (Lipinski definition) is 0. The predicted octanol–water partition coefficient (Wildman–Crippen LogP) is 15.3. The molecule has 0 radical (unpaired) electrons. The summed E-state index contributed by atoms with van der Waals surface area (Å²) in [6.45, 7) is 4.58. The van der Waals surface area contributed by atoms with Gasteiger partial charge in [-0.05, 0) is 96.2 Å². The van der Waals surface area contributed by atoms with Gasteiger partial charge in [-0.3, -0.25) is 0 Å². The molecule has 3 aromatic rings. The highest BCUT2D eigenvalue weighted by molar-refractivity contribution is 8.68. The van der Waals surface area contributed by atoms with E-state index in [2.05, 4.69) is 80.6 Å². The zero-order valence-electron chi connectivity index (χ0n) is 31.1. The molecule has 0 N–H and O–H groups in total. The van der Waals surface area contributed by atoms with Crippen molar-refractivity contribution >= 4 is 28.9 Å². The predicted molar refractivity (Wildman–Crippen MR) is 222 cm³/mol. The maximum Gasteiger partial charge on any atom is 0.348 e. The van der Waals surface area contributed by atoms with Gasteiger partial charge < -0.3 is 9.05 Å². The highest BCUT2D eigenvalue weighted by Crippen LogP contribution is 2.60. The summed E-state index contributed by atoms with van der Waals surface area (Å²) in [6.07, 6.45) is 30.2. The lowest BCUT2D eigenvalue weighted by atomic mass is 10.0. The van der Waals surface area contributed by atoms with E-state index in [1.807, 2.05) is 12.1 Å². The third-order valence-corrected chi connectivity index (χ3v) is 14.3. The Balaban J connectivity index is 1.50. The molecule has 0 fully saturated rings. The van der Waals surface area contributed by atoms with Crippen LogP contribution in [0.15, 0.2) is 78.9 Å². The second kappa shape index (κ2) is 27.0. The molecule has 5 heteroatoms. The SMILES string of the molecule is CCCCCCCCCCCCc1cccc(OP(=S)(Oc2cccc(CCCCCCCCCCCC)c2)SCCc2ccccc2)c1. The standard InChI is InChI=1S/C44H67O2PS2/c1-3-5-7-9-11-13-15-17-19-22-30-41-32-26-34-43(38-41)45-47(48,49-37-36-40-28-24-21-25-29-40)46-44-35-27-33-42(39-44)31-23-20-18-16-14-12-10-8-6-4-2/h21,24-29,32-35,38-39H,3-20,22-23,30-31,36-37H2,1-2H3. The zero-order chi connectivity index (χ0) is 34.7. The van der Waals surface area contributed by atoms with E-state index in [0.717, 1.165) is 36.5 Å². The van der Waals surface area contributed by atoms with Crippen LogP contribution in [-0.4, -0.2) is 5.75 Å². The van der Waals surface area contributed by atoms with Gasteiger partial charge in [-0.15, -0.1) is 0 Å². The molecular formula is C44H67O2PS2. The fraction of sp³-hybridized carbons (Fsp3) is 0.591. The fourth-order valence-corrected chi connectivity index (χ4v) is 10.8. The largest absolute Gasteiger partial charge is 0.428 e. The van der Waals surface area contributed by atoms with Gasteiger partial charge in [0.25, 0.3) is 0 Å². The first-order valence-corrected chi connectivity index (χ1v) is 24.2. The third-order valence-electron chi connectivity index (χ3n) is 9.35. The van der Waals surface area contributed by atoms with Gasteiger partial charge in [-0.25, -0.2) is 0 Å². The van der Waals surface area contributed by atoms with E-state index in [4.69, 9.17) is 20.9 Å². The van der Waals surface area contributed by atoms with E-state index in [-0.39, 0.29) is 0 Å². The summed E-state index contributed by atoms with van der Waals surface area (Å²) in [5, 5.41) is 0. The molecule has 0 unspecified atom stereocenters. The van der Waals surface area contributed by atoms with Crippen molar-refractivity contribution < 1.29 is 9.05 Å². The van der Waals surface area contributed by atoms with E-state index in [0.29, 0.717) is 0 Å². The number of unbranched alkanes of at least 4 members (excludes halogenated alkanes) is 18. The Morgan fingerprint density at radius 1 is 0.449 bits per heavy atom. The van der Waals surface area contributed by atoms with Gasteiger partial charge in [-0.2, -0.15) is 0 Å². The van der Waals surface area contributed by atoms with Gasteiger partial charge >= 0.3 is 5.69 Å². The summed E-state index contributed by atoms with van der Waals surface area (Å²) < 4.78 is 13.3. The smallest absolute Gasteiger partial charge is 0.348 e. The van der Waals surface area contributed by atoms with Crippen molar-refractivity contribution in [2.45, 2.75) is 162 Å². The first-order chi connectivity index (χ1) is 24.1. The molecule has 0 aliphatic rings. The first-order valence-electron chi connectivity index (χ1n) is 20.0. The van der Waals surface area contributed by atoms with Gasteiger partial charge in [0.05, 0.1) is 0 Å². The molecular weight excluding hydrogens is 656 g/mol. The quantitative estimate of drug-likeness (QED) is 0.0503. The number of rotatable bonds is 30. The topological polar surface area (TPSA) is 18.5 Å². The van der Waals surface area contributed by atoms with Crippen molar-refractivity contribution in [1.29, 1.82) is 0 Å². The van der Waals surface area contributed by atoms with Gasteiger partial charge in [0, 0.05) is 5.75 Å². The van der Waals surface area contributed by atoms with Crippen LogP contribution in [-0.2, 0) is 31.1 Å². The van der Waals surface area contributed by atoms with Crippen LogP contribution >= 0.6 is 17.1 Å². The Morgan fingerprint density at radius 2 is 0.837 bits per heavy atom. The van der Waals surface area contributed by atoms with Crippen LogP contribution in [0.5, 0.6) is 11.5 Å². The van der Waals surface area contributed by atoms with Crippen LogP contribution in [0.1, 0.15) is 159 Å². The number of aryl methyl sites for hydroxylation is 3. The molecule has 0 spiro atoms. The van der Waals surface area contributed by atoms with Crippen LogP contribution in [0.25, 0.3) is 0 Å². The highest BCUT2D eigenvalue weighted by atomic mass is 32.9. The maximum atomic E-state index is 6.66. The molecule has 0 saturated heterocycles. The Morgan fingerprint density at radius 3 is 1.27 bits per heavy atom. The van der Waals surface area contributed by atoms with Crippen molar-refractivity contribution in [2.24, 2.45) is 0 Å². The highest BCUT2D eigenvalue weighted by Gasteiger charge is 2.24. The molecule has 3 aromatic carbocycles. The van der Waals surface area contributed by atoms with Crippen molar-refractivity contribution in [1.82, 2.24) is 0 Å². The Bertz CT molecular complexity index is 1210. The molecule has 0 saturated carbocycles. The Hall–Kier alpha value is -1.74. The molecule has 2 nitrogen and oxygen atoms in total. The fourth-order valence-electron chi connectivity index (χ4n) is 6.40. The summed E-state index contributed by atoms with van der Waals surface area (Å²) >= 11 is 7.93. The zero-order valence-corrected chi connectivity index (χ0v) is 33.6. The molecule has 272 valence electrons. The Kier molecular flexibility index (Phi) is 23.0. The molecule has 0 aromatic heterocycles. The van der Waals surface area contributed by atoms with E-state index < -0.39 is 5.69 Å². The van der Waals surface area contributed by atoms with Crippen molar-refractivity contribution in [2.75, 3.05) is 5.75 Å². The first kappa shape index (κ1) is 41.7. The lowest BCUT2D eigenvalue weighted by Gasteiger charge is -2.23. The summed E-state index contributed by atoms with van der Waals surface area (Å²) in [5.41, 5.74) is 1.26. The van der Waals surface area contributed by atoms with Crippen molar-refractivity contribution in [3.8, 4) is 11.5 Å². The van der Waals surface area contributed by atoms with Crippen LogP contribution in [0.4, 0.5) is 0 Å². The average molecular weight is 723 g/mol. The summed E-state index contributed by atoms with van der Waals surface area (Å²) in [4.78, 5) is 0. The minimum atomic E-state index is -2.70. The molecule has 0 bridgehead atoms. The minimum Gasteiger partial charge on any atom is -0.428 e.